The van der Waals surface area contributed by atoms with Crippen molar-refractivity contribution < 1.29 is 38.4 Å². The molecule has 2 rings (SSSR count). The lowest BCUT2D eigenvalue weighted by atomic mass is 9.98. The molecule has 2 N–H and O–H groups in total. The minimum Gasteiger partial charge on any atom is -0.444 e. The highest BCUT2D eigenvalue weighted by Gasteiger charge is 2.26. The maximum atomic E-state index is 12.4. The van der Waals surface area contributed by atoms with Crippen LogP contribution in [-0.2, 0) is 30.2 Å². The molecule has 2 atom stereocenters. The Morgan fingerprint density at radius 1 is 1.00 bits per heavy atom. The van der Waals surface area contributed by atoms with Gasteiger partial charge in [-0.05, 0) is 62.9 Å². The van der Waals surface area contributed by atoms with E-state index in [1.54, 1.807) is 33.8 Å². The molecule has 0 aliphatic rings. The zero-order chi connectivity index (χ0) is 26.7. The van der Waals surface area contributed by atoms with Gasteiger partial charge in [-0.25, -0.2) is 14.4 Å². The van der Waals surface area contributed by atoms with Crippen LogP contribution in [0.25, 0.3) is 11.1 Å². The largest absolute Gasteiger partial charge is 0.511 e. The lowest BCUT2D eigenvalue weighted by molar-refractivity contribution is -0.163. The molecule has 2 aromatic carbocycles. The van der Waals surface area contributed by atoms with Crippen LogP contribution in [0.3, 0.4) is 0 Å². The molecule has 0 aliphatic carbocycles. The summed E-state index contributed by atoms with van der Waals surface area (Å²) in [5.74, 6) is -1.01. The number of nitrogens with one attached hydrogen (secondary N) is 1. The number of benzene rings is 2. The number of carbonyl (C=O) groups excluding carboxylic acids is 3. The van der Waals surface area contributed by atoms with Crippen LogP contribution in [0.4, 0.5) is 9.59 Å². The topological polar surface area (TPSA) is 120 Å². The van der Waals surface area contributed by atoms with Crippen LogP contribution >= 0.6 is 11.6 Å². The molecule has 0 spiro atoms. The van der Waals surface area contributed by atoms with Gasteiger partial charge in [-0.2, -0.15) is 0 Å². The van der Waals surface area contributed by atoms with E-state index in [1.807, 2.05) is 42.5 Å². The van der Waals surface area contributed by atoms with Crippen LogP contribution < -0.4 is 5.32 Å². The van der Waals surface area contributed by atoms with Crippen molar-refractivity contribution in [3.05, 3.63) is 59.1 Å². The molecule has 0 aromatic heterocycles. The van der Waals surface area contributed by atoms with Gasteiger partial charge in [0.15, 0.2) is 6.10 Å². The molecule has 0 saturated carbocycles. The fourth-order valence-electron chi connectivity index (χ4n) is 3.21. The van der Waals surface area contributed by atoms with E-state index in [0.29, 0.717) is 11.4 Å². The molecule has 0 fully saturated rings. The maximum absolute atomic E-state index is 12.4. The Morgan fingerprint density at radius 2 is 1.69 bits per heavy atom. The number of ether oxygens (including phenoxy) is 4. The Hall–Kier alpha value is -3.30. The molecule has 9 nitrogen and oxygen atoms in total. The first-order valence-electron chi connectivity index (χ1n) is 11.5. The highest BCUT2D eigenvalue weighted by Crippen LogP contribution is 2.23. The molecule has 0 aliphatic heterocycles. The Balaban J connectivity index is 2.06. The number of hydrogen-bond donors (Lipinski definition) is 2. The summed E-state index contributed by atoms with van der Waals surface area (Å²) >= 11 is 6.08. The molecule has 2 aromatic rings. The van der Waals surface area contributed by atoms with Crippen molar-refractivity contribution in [1.29, 1.82) is 0 Å². The summed E-state index contributed by atoms with van der Waals surface area (Å²) in [6.45, 7) is 6.18. The van der Waals surface area contributed by atoms with E-state index in [9.17, 15) is 19.5 Å². The quantitative estimate of drug-likeness (QED) is 0.258. The second kappa shape index (κ2) is 13.7. The number of esters is 1. The number of aliphatic hydroxyl groups is 1. The summed E-state index contributed by atoms with van der Waals surface area (Å²) in [7, 11) is 0. The zero-order valence-electron chi connectivity index (χ0n) is 20.8. The van der Waals surface area contributed by atoms with E-state index in [4.69, 9.17) is 21.1 Å². The van der Waals surface area contributed by atoms with Crippen LogP contribution in [0, 0.1) is 0 Å². The third kappa shape index (κ3) is 10.5. The summed E-state index contributed by atoms with van der Waals surface area (Å²) in [5, 5.41) is 13.7. The molecular weight excluding hydrogens is 490 g/mol. The molecular formula is C26H32ClNO8. The number of hydrogen-bond acceptors (Lipinski definition) is 8. The monoisotopic (exact) mass is 521 g/mol. The molecule has 0 saturated heterocycles. The van der Waals surface area contributed by atoms with E-state index in [0.717, 1.165) is 16.7 Å². The molecule has 36 heavy (non-hydrogen) atoms. The summed E-state index contributed by atoms with van der Waals surface area (Å²) in [4.78, 5) is 35.7. The van der Waals surface area contributed by atoms with Crippen molar-refractivity contribution in [1.82, 2.24) is 5.32 Å². The minimum atomic E-state index is -1.58. The zero-order valence-corrected chi connectivity index (χ0v) is 21.5. The lowest BCUT2D eigenvalue weighted by Gasteiger charge is -2.25. The summed E-state index contributed by atoms with van der Waals surface area (Å²) in [6.07, 6.45) is -3.12. The molecule has 196 valence electrons. The van der Waals surface area contributed by atoms with E-state index in [1.165, 1.54) is 0 Å². The van der Waals surface area contributed by atoms with Gasteiger partial charge >= 0.3 is 18.2 Å². The molecule has 0 radical (unpaired) electrons. The fraction of sp³-hybridized carbons (Fsp3) is 0.423. The van der Waals surface area contributed by atoms with Gasteiger partial charge in [-0.15, -0.1) is 0 Å². The Morgan fingerprint density at radius 3 is 2.31 bits per heavy atom. The number of carbonyl (C=O) groups is 3. The van der Waals surface area contributed by atoms with Gasteiger partial charge in [0, 0.05) is 17.5 Å². The standard InChI is InChI=1S/C26H32ClNO8/c1-5-33-25(32)35-16-34-23(30)22(29)15-21(28-24(31)36-26(2,3)4)13-17-9-11-18(12-10-17)19-7-6-8-20(27)14-19/h6-12,14,21-22,29H,5,13,15-16H2,1-4H3,(H,28,31). The third-order valence-electron chi connectivity index (χ3n) is 4.73. The second-order valence-electron chi connectivity index (χ2n) is 8.91. The summed E-state index contributed by atoms with van der Waals surface area (Å²) < 4.78 is 19.2. The van der Waals surface area contributed by atoms with Gasteiger partial charge in [0.1, 0.15) is 5.60 Å². The predicted octanol–water partition coefficient (Wildman–Crippen LogP) is 4.87. The Kier molecular flexibility index (Phi) is 11.0. The van der Waals surface area contributed by atoms with Crippen molar-refractivity contribution in [3.8, 4) is 11.1 Å². The highest BCUT2D eigenvalue weighted by molar-refractivity contribution is 6.30. The SMILES string of the molecule is CCOC(=O)OCOC(=O)C(O)CC(Cc1ccc(-c2cccc(Cl)c2)cc1)NC(=O)OC(C)(C)C. The minimum absolute atomic E-state index is 0.105. The molecule has 10 heteroatoms. The van der Waals surface area contributed by atoms with Crippen LogP contribution in [0.1, 0.15) is 39.7 Å². The third-order valence-corrected chi connectivity index (χ3v) is 4.97. The average molecular weight is 522 g/mol. The first-order valence-corrected chi connectivity index (χ1v) is 11.8. The van der Waals surface area contributed by atoms with Crippen molar-refractivity contribution >= 4 is 29.8 Å². The number of alkyl carbamates (subject to hydrolysis) is 1. The van der Waals surface area contributed by atoms with Crippen LogP contribution in [0.15, 0.2) is 48.5 Å². The predicted molar refractivity (Wildman–Crippen MR) is 133 cm³/mol. The van der Waals surface area contributed by atoms with Gasteiger partial charge in [0.05, 0.1) is 6.61 Å². The normalized spacial score (nSPS) is 12.7. The van der Waals surface area contributed by atoms with Gasteiger partial charge in [-0.1, -0.05) is 48.0 Å². The molecule has 0 bridgehead atoms. The van der Waals surface area contributed by atoms with Gasteiger partial charge < -0.3 is 29.4 Å². The first kappa shape index (κ1) is 28.9. The van der Waals surface area contributed by atoms with Crippen molar-refractivity contribution in [2.75, 3.05) is 13.4 Å². The van der Waals surface area contributed by atoms with Crippen molar-refractivity contribution in [2.45, 2.75) is 58.3 Å². The average Bonchev–Trinajstić information content (AvgIpc) is 2.78. The number of aliphatic hydroxyl groups excluding tert-OH is 1. The molecule has 0 heterocycles. The fourth-order valence-corrected chi connectivity index (χ4v) is 3.40. The van der Waals surface area contributed by atoms with Gasteiger partial charge in [0.25, 0.3) is 0 Å². The van der Waals surface area contributed by atoms with Crippen molar-refractivity contribution in [3.63, 3.8) is 0 Å². The van der Waals surface area contributed by atoms with Gasteiger partial charge in [-0.3, -0.25) is 0 Å². The van der Waals surface area contributed by atoms with Crippen LogP contribution in [0.2, 0.25) is 5.02 Å². The number of rotatable bonds is 10. The maximum Gasteiger partial charge on any atom is 0.511 e. The second-order valence-corrected chi connectivity index (χ2v) is 9.35. The van der Waals surface area contributed by atoms with E-state index >= 15 is 0 Å². The Bertz CT molecular complexity index is 1020. The van der Waals surface area contributed by atoms with E-state index in [2.05, 4.69) is 14.8 Å². The smallest absolute Gasteiger partial charge is 0.444 e. The van der Waals surface area contributed by atoms with Gasteiger partial charge in [0.2, 0.25) is 6.79 Å². The summed E-state index contributed by atoms with van der Waals surface area (Å²) in [6, 6.07) is 14.4. The van der Waals surface area contributed by atoms with Crippen molar-refractivity contribution in [2.24, 2.45) is 0 Å². The van der Waals surface area contributed by atoms with E-state index < -0.39 is 42.8 Å². The number of halogens is 1. The van der Waals surface area contributed by atoms with Crippen LogP contribution in [-0.4, -0.2) is 54.5 Å². The number of amides is 1. The highest BCUT2D eigenvalue weighted by atomic mass is 35.5. The molecule has 2 unspecified atom stereocenters. The summed E-state index contributed by atoms with van der Waals surface area (Å²) in [5.41, 5.74) is 2.05. The lowest BCUT2D eigenvalue weighted by Crippen LogP contribution is -2.43. The Labute approximate surface area is 215 Å². The van der Waals surface area contributed by atoms with Crippen LogP contribution in [0.5, 0.6) is 0 Å². The first-order chi connectivity index (χ1) is 17.0. The molecule has 1 amide bonds. The van der Waals surface area contributed by atoms with E-state index in [-0.39, 0.29) is 13.0 Å².